The van der Waals surface area contributed by atoms with Gasteiger partial charge >= 0.3 is 0 Å². The second-order valence-corrected chi connectivity index (χ2v) is 11.4. The van der Waals surface area contributed by atoms with Gasteiger partial charge in [0.05, 0.1) is 25.3 Å². The lowest BCUT2D eigenvalue weighted by molar-refractivity contribution is -0.140. The molecule has 2 aromatic carbocycles. The van der Waals surface area contributed by atoms with Crippen LogP contribution in [0.2, 0.25) is 0 Å². The van der Waals surface area contributed by atoms with Crippen LogP contribution in [0.25, 0.3) is 10.9 Å². The summed E-state index contributed by atoms with van der Waals surface area (Å²) in [6.45, 7) is 3.75. The summed E-state index contributed by atoms with van der Waals surface area (Å²) in [7, 11) is 3.72. The Balaban J connectivity index is 1.40. The van der Waals surface area contributed by atoms with E-state index in [1.807, 2.05) is 25.2 Å². The number of piperidine rings is 1. The topological polar surface area (TPSA) is 67.2 Å². The van der Waals surface area contributed by atoms with E-state index in [9.17, 15) is 14.3 Å². The molecule has 1 N–H and O–H groups in total. The van der Waals surface area contributed by atoms with Gasteiger partial charge in [0.25, 0.3) is 0 Å². The number of benzene rings is 2. The molecule has 3 aliphatic heterocycles. The zero-order valence-corrected chi connectivity index (χ0v) is 22.9. The first-order valence-electron chi connectivity index (χ1n) is 14.1. The Labute approximate surface area is 229 Å². The van der Waals surface area contributed by atoms with Gasteiger partial charge in [-0.05, 0) is 49.4 Å². The quantitative estimate of drug-likeness (QED) is 0.532. The second-order valence-electron chi connectivity index (χ2n) is 11.4. The predicted octanol–water partition coefficient (Wildman–Crippen LogP) is 4.16. The molecule has 0 bridgehead atoms. The van der Waals surface area contributed by atoms with Gasteiger partial charge in [-0.25, -0.2) is 4.39 Å². The molecule has 208 valence electrons. The zero-order chi connectivity index (χ0) is 27.1. The number of hydrogen-bond donors (Lipinski definition) is 1. The Bertz CT molecular complexity index is 1360. The van der Waals surface area contributed by atoms with Crippen LogP contribution in [-0.2, 0) is 28.5 Å². The summed E-state index contributed by atoms with van der Waals surface area (Å²) < 4.78 is 28.0. The van der Waals surface area contributed by atoms with Crippen molar-refractivity contribution in [3.63, 3.8) is 0 Å². The van der Waals surface area contributed by atoms with Crippen LogP contribution in [0.3, 0.4) is 0 Å². The number of aliphatic hydroxyl groups excluding tert-OH is 1. The van der Waals surface area contributed by atoms with Crippen LogP contribution in [0, 0.1) is 11.7 Å². The number of nitrogens with zero attached hydrogens (tertiary/aromatic N) is 3. The van der Waals surface area contributed by atoms with Crippen molar-refractivity contribution in [3.8, 4) is 5.75 Å². The molecule has 2 fully saturated rings. The van der Waals surface area contributed by atoms with E-state index >= 15 is 0 Å². The normalized spacial score (nSPS) is 21.8. The highest BCUT2D eigenvalue weighted by Gasteiger charge is 2.49. The second kappa shape index (κ2) is 10.6. The molecule has 3 aromatic rings. The highest BCUT2D eigenvalue weighted by Crippen LogP contribution is 2.50. The lowest BCUT2D eigenvalue weighted by atomic mass is 9.68. The fraction of sp³-hybridized carbons (Fsp3) is 0.516. The Kier molecular flexibility index (Phi) is 7.12. The molecule has 8 heteroatoms. The number of aliphatic hydroxyl groups is 1. The van der Waals surface area contributed by atoms with E-state index in [1.54, 1.807) is 13.2 Å². The van der Waals surface area contributed by atoms with Crippen LogP contribution >= 0.6 is 0 Å². The lowest BCUT2D eigenvalue weighted by Gasteiger charge is -2.51. The molecule has 7 nitrogen and oxygen atoms in total. The average Bonchev–Trinajstić information content (AvgIpc) is 3.27. The van der Waals surface area contributed by atoms with Crippen LogP contribution < -0.4 is 4.74 Å². The van der Waals surface area contributed by atoms with Gasteiger partial charge in [0.2, 0.25) is 5.91 Å². The van der Waals surface area contributed by atoms with Crippen molar-refractivity contribution in [2.75, 3.05) is 46.6 Å². The molecule has 1 spiro atoms. The van der Waals surface area contributed by atoms with E-state index in [2.05, 4.69) is 26.5 Å². The van der Waals surface area contributed by atoms with Crippen molar-refractivity contribution in [1.29, 1.82) is 0 Å². The first-order chi connectivity index (χ1) is 19.0. The molecule has 1 atom stereocenters. The first kappa shape index (κ1) is 26.3. The Morgan fingerprint density at radius 3 is 2.59 bits per heavy atom. The van der Waals surface area contributed by atoms with Gasteiger partial charge in [-0.2, -0.15) is 0 Å². The number of aromatic nitrogens is 1. The third kappa shape index (κ3) is 4.52. The number of rotatable bonds is 5. The fourth-order valence-electron chi connectivity index (χ4n) is 7.24. The van der Waals surface area contributed by atoms with Crippen LogP contribution in [0.1, 0.15) is 48.5 Å². The summed E-state index contributed by atoms with van der Waals surface area (Å²) in [5, 5.41) is 11.9. The van der Waals surface area contributed by atoms with Crippen molar-refractivity contribution >= 4 is 16.8 Å². The summed E-state index contributed by atoms with van der Waals surface area (Å²) in [5.41, 5.74) is 3.82. The standard InChI is InChI=1S/C31H38FN3O4/c1-33-26-17-23(38-2)7-8-24(26)28-29(33)27(19-36)35(18-22-5-3-4-6-25(22)32)20-31(28)11-13-34(14-12-31)30(37)21-9-15-39-16-10-21/h3-8,17,21,27,36H,9-16,18-20H2,1-2H3/t27-/m0/s1. The van der Waals surface area contributed by atoms with Crippen LogP contribution in [0.5, 0.6) is 5.75 Å². The van der Waals surface area contributed by atoms with E-state index in [1.165, 1.54) is 17.0 Å². The van der Waals surface area contributed by atoms with Crippen LogP contribution in [0.15, 0.2) is 42.5 Å². The third-order valence-electron chi connectivity index (χ3n) is 9.35. The number of aryl methyl sites for hydroxylation is 1. The molecule has 2 saturated heterocycles. The molecule has 4 heterocycles. The minimum Gasteiger partial charge on any atom is -0.497 e. The lowest BCUT2D eigenvalue weighted by Crippen LogP contribution is -2.55. The van der Waals surface area contributed by atoms with Gasteiger partial charge < -0.3 is 24.0 Å². The summed E-state index contributed by atoms with van der Waals surface area (Å²) in [4.78, 5) is 17.7. The molecular weight excluding hydrogens is 497 g/mol. The molecule has 0 unspecified atom stereocenters. The van der Waals surface area contributed by atoms with Crippen molar-refractivity contribution in [3.05, 3.63) is 65.1 Å². The Morgan fingerprint density at radius 1 is 1.15 bits per heavy atom. The number of ether oxygens (including phenoxy) is 2. The number of methoxy groups -OCH3 is 1. The van der Waals surface area contributed by atoms with E-state index in [-0.39, 0.29) is 35.7 Å². The minimum absolute atomic E-state index is 0.0519. The SMILES string of the molecule is COc1ccc2c3c(n(C)c2c1)[C@H](CO)N(Cc1ccccc1F)CC31CCN(C(=O)C2CCOCC2)CC1. The van der Waals surface area contributed by atoms with Crippen molar-refractivity contribution in [1.82, 2.24) is 14.4 Å². The number of carbonyl (C=O) groups excluding carboxylic acids is 1. The minimum atomic E-state index is -0.268. The van der Waals surface area contributed by atoms with Gasteiger partial charge in [0.1, 0.15) is 11.6 Å². The van der Waals surface area contributed by atoms with E-state index in [4.69, 9.17) is 9.47 Å². The van der Waals surface area contributed by atoms with Gasteiger partial charge in [-0.1, -0.05) is 18.2 Å². The van der Waals surface area contributed by atoms with Gasteiger partial charge in [-0.15, -0.1) is 0 Å². The molecule has 1 amide bonds. The fourth-order valence-corrected chi connectivity index (χ4v) is 7.24. The van der Waals surface area contributed by atoms with Crippen molar-refractivity contribution in [2.24, 2.45) is 13.0 Å². The summed E-state index contributed by atoms with van der Waals surface area (Å²) >= 11 is 0. The van der Waals surface area contributed by atoms with E-state index in [0.717, 1.165) is 42.6 Å². The zero-order valence-electron chi connectivity index (χ0n) is 22.9. The maximum absolute atomic E-state index is 14.8. The van der Waals surface area contributed by atoms with Gasteiger partial charge in [-0.3, -0.25) is 9.69 Å². The molecule has 6 rings (SSSR count). The summed E-state index contributed by atoms with van der Waals surface area (Å²) in [6.07, 6.45) is 3.24. The Hall–Kier alpha value is -2.94. The molecule has 0 aliphatic carbocycles. The highest BCUT2D eigenvalue weighted by atomic mass is 19.1. The third-order valence-corrected chi connectivity index (χ3v) is 9.35. The molecule has 3 aliphatic rings. The van der Waals surface area contributed by atoms with Crippen LogP contribution in [-0.4, -0.2) is 71.9 Å². The Morgan fingerprint density at radius 2 is 1.90 bits per heavy atom. The summed E-state index contributed by atoms with van der Waals surface area (Å²) in [6, 6.07) is 12.8. The van der Waals surface area contributed by atoms with E-state index in [0.29, 0.717) is 45.0 Å². The monoisotopic (exact) mass is 535 g/mol. The van der Waals surface area contributed by atoms with Gasteiger partial charge in [0.15, 0.2) is 0 Å². The number of carbonyl (C=O) groups is 1. The number of hydrogen-bond acceptors (Lipinski definition) is 5. The molecule has 1 aromatic heterocycles. The maximum Gasteiger partial charge on any atom is 0.225 e. The molecule has 0 radical (unpaired) electrons. The summed E-state index contributed by atoms with van der Waals surface area (Å²) in [5.74, 6) is 0.863. The molecule has 0 saturated carbocycles. The number of likely N-dealkylation sites (tertiary alicyclic amines) is 1. The highest BCUT2D eigenvalue weighted by molar-refractivity contribution is 5.89. The largest absolute Gasteiger partial charge is 0.497 e. The van der Waals surface area contributed by atoms with E-state index < -0.39 is 0 Å². The number of amides is 1. The van der Waals surface area contributed by atoms with Crippen molar-refractivity contribution in [2.45, 2.75) is 43.7 Å². The average molecular weight is 536 g/mol. The number of fused-ring (bicyclic) bond motifs is 4. The first-order valence-corrected chi connectivity index (χ1v) is 14.1. The number of halogens is 1. The smallest absolute Gasteiger partial charge is 0.225 e. The van der Waals surface area contributed by atoms with Gasteiger partial charge in [0, 0.05) is 80.5 Å². The van der Waals surface area contributed by atoms with Crippen LogP contribution in [0.4, 0.5) is 4.39 Å². The van der Waals surface area contributed by atoms with Crippen molar-refractivity contribution < 1.29 is 23.8 Å². The molecular formula is C31H38FN3O4. The maximum atomic E-state index is 14.8. The predicted molar refractivity (Wildman–Crippen MR) is 147 cm³/mol. The molecule has 39 heavy (non-hydrogen) atoms.